The van der Waals surface area contributed by atoms with Gasteiger partial charge in [0.25, 0.3) is 5.91 Å². The lowest BCUT2D eigenvalue weighted by Crippen LogP contribution is -2.56. The van der Waals surface area contributed by atoms with Crippen molar-refractivity contribution in [1.82, 2.24) is 9.80 Å². The van der Waals surface area contributed by atoms with E-state index in [0.717, 1.165) is 25.2 Å². The fourth-order valence-corrected chi connectivity index (χ4v) is 3.22. The molecule has 2 heterocycles. The molecule has 3 rings (SSSR count). The number of piperidine rings is 1. The van der Waals surface area contributed by atoms with Crippen molar-refractivity contribution in [2.75, 3.05) is 26.2 Å². The van der Waals surface area contributed by atoms with Gasteiger partial charge in [-0.15, -0.1) is 0 Å². The van der Waals surface area contributed by atoms with Crippen LogP contribution in [0.5, 0.6) is 0 Å². The molecule has 102 valence electrons. The number of piperazine rings is 1. The number of benzene rings is 1. The highest BCUT2D eigenvalue weighted by atomic mass is 16.2. The maximum absolute atomic E-state index is 12.5. The molecule has 3 heteroatoms. The maximum atomic E-state index is 12.5. The van der Waals surface area contributed by atoms with E-state index in [4.69, 9.17) is 0 Å². The van der Waals surface area contributed by atoms with Crippen molar-refractivity contribution in [3.63, 3.8) is 0 Å². The number of carbonyl (C=O) groups is 1. The molecule has 0 aliphatic carbocycles. The van der Waals surface area contributed by atoms with E-state index in [0.29, 0.717) is 6.04 Å². The highest BCUT2D eigenvalue weighted by Gasteiger charge is 2.31. The molecule has 1 unspecified atom stereocenters. The second kappa shape index (κ2) is 5.33. The Kier molecular flexibility index (Phi) is 3.56. The summed E-state index contributed by atoms with van der Waals surface area (Å²) < 4.78 is 0. The van der Waals surface area contributed by atoms with Crippen LogP contribution in [-0.2, 0) is 0 Å². The van der Waals surface area contributed by atoms with Crippen LogP contribution in [0.15, 0.2) is 24.3 Å². The normalized spacial score (nSPS) is 24.1. The van der Waals surface area contributed by atoms with Gasteiger partial charge >= 0.3 is 0 Å². The molecule has 1 atom stereocenters. The van der Waals surface area contributed by atoms with Crippen LogP contribution in [0.25, 0.3) is 0 Å². The minimum absolute atomic E-state index is 0.199. The van der Waals surface area contributed by atoms with Crippen LogP contribution >= 0.6 is 0 Å². The van der Waals surface area contributed by atoms with E-state index in [9.17, 15) is 4.79 Å². The molecule has 19 heavy (non-hydrogen) atoms. The van der Waals surface area contributed by atoms with Gasteiger partial charge in [0.2, 0.25) is 0 Å². The Morgan fingerprint density at radius 2 is 1.89 bits per heavy atom. The first-order chi connectivity index (χ1) is 9.24. The quantitative estimate of drug-likeness (QED) is 0.771. The highest BCUT2D eigenvalue weighted by molar-refractivity contribution is 5.94. The number of hydrogen-bond acceptors (Lipinski definition) is 2. The molecule has 2 aliphatic heterocycles. The van der Waals surface area contributed by atoms with E-state index in [1.807, 2.05) is 29.2 Å². The van der Waals surface area contributed by atoms with E-state index in [-0.39, 0.29) is 5.91 Å². The van der Waals surface area contributed by atoms with Crippen molar-refractivity contribution in [2.24, 2.45) is 0 Å². The molecule has 0 bridgehead atoms. The lowest BCUT2D eigenvalue weighted by Gasteiger charge is -2.44. The first-order valence-electron chi connectivity index (χ1n) is 7.34. The third-order valence-electron chi connectivity index (χ3n) is 4.42. The molecule has 1 amide bonds. The van der Waals surface area contributed by atoms with Gasteiger partial charge < -0.3 is 4.90 Å². The Balaban J connectivity index is 1.69. The first kappa shape index (κ1) is 12.7. The predicted octanol–water partition coefficient (Wildman–Crippen LogP) is 2.31. The molecule has 0 aromatic heterocycles. The van der Waals surface area contributed by atoms with Gasteiger partial charge in [-0.25, -0.2) is 0 Å². The molecular formula is C16H22N2O. The zero-order valence-electron chi connectivity index (χ0n) is 11.6. The summed E-state index contributed by atoms with van der Waals surface area (Å²) in [5.41, 5.74) is 2.03. The van der Waals surface area contributed by atoms with Gasteiger partial charge in [0.15, 0.2) is 0 Å². The van der Waals surface area contributed by atoms with Gasteiger partial charge in [-0.05, 0) is 38.4 Å². The summed E-state index contributed by atoms with van der Waals surface area (Å²) in [6, 6.07) is 8.53. The smallest absolute Gasteiger partial charge is 0.253 e. The van der Waals surface area contributed by atoms with Crippen molar-refractivity contribution < 1.29 is 4.79 Å². The van der Waals surface area contributed by atoms with Gasteiger partial charge in [-0.2, -0.15) is 0 Å². The number of aryl methyl sites for hydroxylation is 1. The number of nitrogens with zero attached hydrogens (tertiary/aromatic N) is 2. The summed E-state index contributed by atoms with van der Waals surface area (Å²) in [5, 5.41) is 0. The van der Waals surface area contributed by atoms with Gasteiger partial charge in [0.05, 0.1) is 0 Å². The van der Waals surface area contributed by atoms with Gasteiger partial charge in [0.1, 0.15) is 0 Å². The van der Waals surface area contributed by atoms with Crippen molar-refractivity contribution in [3.05, 3.63) is 35.4 Å². The second-order valence-electron chi connectivity index (χ2n) is 5.80. The summed E-state index contributed by atoms with van der Waals surface area (Å²) in [6.07, 6.45) is 3.88. The third kappa shape index (κ3) is 2.66. The average Bonchev–Trinajstić information content (AvgIpc) is 2.47. The average molecular weight is 258 g/mol. The summed E-state index contributed by atoms with van der Waals surface area (Å²) in [4.78, 5) is 17.1. The van der Waals surface area contributed by atoms with E-state index in [1.54, 1.807) is 0 Å². The summed E-state index contributed by atoms with van der Waals surface area (Å²) >= 11 is 0. The fraction of sp³-hybridized carbons (Fsp3) is 0.562. The van der Waals surface area contributed by atoms with Gasteiger partial charge in [-0.3, -0.25) is 9.69 Å². The minimum atomic E-state index is 0.199. The zero-order valence-corrected chi connectivity index (χ0v) is 11.6. The third-order valence-corrected chi connectivity index (χ3v) is 4.42. The van der Waals surface area contributed by atoms with Gasteiger partial charge in [-0.1, -0.05) is 24.1 Å². The molecule has 0 radical (unpaired) electrons. The summed E-state index contributed by atoms with van der Waals surface area (Å²) in [5.74, 6) is 0.199. The van der Waals surface area contributed by atoms with E-state index in [2.05, 4.69) is 11.8 Å². The highest BCUT2D eigenvalue weighted by Crippen LogP contribution is 2.22. The predicted molar refractivity (Wildman–Crippen MR) is 76.3 cm³/mol. The van der Waals surface area contributed by atoms with Crippen LogP contribution < -0.4 is 0 Å². The zero-order chi connectivity index (χ0) is 13.2. The molecule has 2 aliphatic rings. The summed E-state index contributed by atoms with van der Waals surface area (Å²) in [7, 11) is 0. The Hall–Kier alpha value is -1.35. The lowest BCUT2D eigenvalue weighted by atomic mass is 9.99. The molecule has 1 aromatic rings. The van der Waals surface area contributed by atoms with Gasteiger partial charge in [0, 0.05) is 31.2 Å². The van der Waals surface area contributed by atoms with Crippen LogP contribution in [0.4, 0.5) is 0 Å². The second-order valence-corrected chi connectivity index (χ2v) is 5.80. The van der Waals surface area contributed by atoms with Crippen molar-refractivity contribution in [2.45, 2.75) is 32.2 Å². The van der Waals surface area contributed by atoms with Crippen molar-refractivity contribution >= 4 is 5.91 Å². The lowest BCUT2D eigenvalue weighted by molar-refractivity contribution is 0.0372. The van der Waals surface area contributed by atoms with Crippen LogP contribution in [0, 0.1) is 6.92 Å². The number of amides is 1. The van der Waals surface area contributed by atoms with Crippen molar-refractivity contribution in [1.29, 1.82) is 0 Å². The Labute approximate surface area is 115 Å². The molecule has 2 saturated heterocycles. The van der Waals surface area contributed by atoms with E-state index < -0.39 is 0 Å². The molecule has 3 nitrogen and oxygen atoms in total. The number of hydrogen-bond donors (Lipinski definition) is 0. The number of fused-ring (bicyclic) bond motifs is 1. The molecular weight excluding hydrogens is 236 g/mol. The summed E-state index contributed by atoms with van der Waals surface area (Å²) in [6.45, 7) is 6.10. The maximum Gasteiger partial charge on any atom is 0.253 e. The Bertz CT molecular complexity index is 454. The number of carbonyl (C=O) groups excluding carboxylic acids is 1. The topological polar surface area (TPSA) is 23.6 Å². The van der Waals surface area contributed by atoms with E-state index in [1.165, 1.54) is 31.4 Å². The molecule has 2 fully saturated rings. The van der Waals surface area contributed by atoms with Crippen LogP contribution in [0.2, 0.25) is 0 Å². The Morgan fingerprint density at radius 1 is 1.11 bits per heavy atom. The molecule has 0 saturated carbocycles. The SMILES string of the molecule is Cc1ccc(C(=O)N2CCN3CCCCC3C2)cc1. The van der Waals surface area contributed by atoms with Crippen LogP contribution in [-0.4, -0.2) is 47.9 Å². The number of rotatable bonds is 1. The van der Waals surface area contributed by atoms with E-state index >= 15 is 0 Å². The van der Waals surface area contributed by atoms with Crippen molar-refractivity contribution in [3.8, 4) is 0 Å². The van der Waals surface area contributed by atoms with Crippen LogP contribution in [0.3, 0.4) is 0 Å². The standard InChI is InChI=1S/C16H22N2O/c1-13-5-7-14(8-6-13)16(19)18-11-10-17-9-3-2-4-15(17)12-18/h5-8,15H,2-4,9-12H2,1H3. The monoisotopic (exact) mass is 258 g/mol. The molecule has 0 spiro atoms. The minimum Gasteiger partial charge on any atom is -0.336 e. The van der Waals surface area contributed by atoms with Crippen LogP contribution in [0.1, 0.15) is 35.2 Å². The molecule has 1 aromatic carbocycles. The first-order valence-corrected chi connectivity index (χ1v) is 7.34. The molecule has 0 N–H and O–H groups in total. The largest absolute Gasteiger partial charge is 0.336 e. The fourth-order valence-electron chi connectivity index (χ4n) is 3.22. The Morgan fingerprint density at radius 3 is 2.68 bits per heavy atom.